The molecule has 1 aliphatic heterocycles. The molecule has 1 saturated heterocycles. The highest BCUT2D eigenvalue weighted by Crippen LogP contribution is 2.25. The first kappa shape index (κ1) is 14.9. The monoisotopic (exact) mass is 368 g/mol. The van der Waals surface area contributed by atoms with E-state index in [2.05, 4.69) is 15.9 Å². The van der Waals surface area contributed by atoms with Crippen LogP contribution in [0.3, 0.4) is 0 Å². The van der Waals surface area contributed by atoms with E-state index in [1.165, 1.54) is 12.1 Å². The van der Waals surface area contributed by atoms with Crippen molar-refractivity contribution in [1.82, 2.24) is 4.31 Å². The third-order valence-corrected chi connectivity index (χ3v) is 6.67. The number of hydrogen-bond donors (Lipinski definition) is 1. The molecule has 1 fully saturated rings. The number of nitrogens with two attached hydrogens (primary N) is 1. The standard InChI is InChI=1S/C10H13BrN2O4S2/c11-8-2-1-3-9(6-8)19(16,17)13-5-4-10(7-13)18(12,14)15/h1-3,6,10H,4-5,7H2,(H2,12,14,15)/t10-/m1/s1. The Morgan fingerprint density at radius 3 is 2.47 bits per heavy atom. The molecule has 1 aliphatic rings. The van der Waals surface area contributed by atoms with E-state index in [0.29, 0.717) is 4.47 Å². The summed E-state index contributed by atoms with van der Waals surface area (Å²) in [5, 5.41) is 4.23. The van der Waals surface area contributed by atoms with Gasteiger partial charge < -0.3 is 0 Å². The first-order chi connectivity index (χ1) is 8.71. The van der Waals surface area contributed by atoms with Crippen LogP contribution in [0.15, 0.2) is 33.6 Å². The van der Waals surface area contributed by atoms with Gasteiger partial charge in [-0.3, -0.25) is 0 Å². The first-order valence-corrected chi connectivity index (χ1v) is 9.33. The third-order valence-electron chi connectivity index (χ3n) is 3.01. The lowest BCUT2D eigenvalue weighted by atomic mass is 10.4. The lowest BCUT2D eigenvalue weighted by Gasteiger charge is -2.16. The molecule has 0 aliphatic carbocycles. The Labute approximate surface area is 120 Å². The van der Waals surface area contributed by atoms with Gasteiger partial charge in [0.2, 0.25) is 20.0 Å². The molecule has 0 amide bonds. The highest BCUT2D eigenvalue weighted by Gasteiger charge is 2.37. The predicted octanol–water partition coefficient (Wildman–Crippen LogP) is 0.501. The number of halogens is 1. The quantitative estimate of drug-likeness (QED) is 0.839. The molecular formula is C10H13BrN2O4S2. The molecule has 1 aromatic carbocycles. The molecule has 1 heterocycles. The van der Waals surface area contributed by atoms with Crippen LogP contribution in [0.1, 0.15) is 6.42 Å². The Balaban J connectivity index is 2.28. The van der Waals surface area contributed by atoms with Gasteiger partial charge in [-0.25, -0.2) is 22.0 Å². The summed E-state index contributed by atoms with van der Waals surface area (Å²) in [5.74, 6) is 0. The summed E-state index contributed by atoms with van der Waals surface area (Å²) >= 11 is 3.21. The van der Waals surface area contributed by atoms with Crippen LogP contribution in [0.25, 0.3) is 0 Å². The average Bonchev–Trinajstić information content (AvgIpc) is 2.78. The molecule has 0 spiro atoms. The highest BCUT2D eigenvalue weighted by atomic mass is 79.9. The van der Waals surface area contributed by atoms with Crippen LogP contribution in [0.2, 0.25) is 0 Å². The average molecular weight is 369 g/mol. The molecule has 19 heavy (non-hydrogen) atoms. The van der Waals surface area contributed by atoms with Gasteiger partial charge in [-0.1, -0.05) is 22.0 Å². The summed E-state index contributed by atoms with van der Waals surface area (Å²) in [6, 6.07) is 6.30. The van der Waals surface area contributed by atoms with Gasteiger partial charge in [0, 0.05) is 17.6 Å². The molecule has 0 saturated carbocycles. The van der Waals surface area contributed by atoms with Crippen molar-refractivity contribution in [1.29, 1.82) is 0 Å². The van der Waals surface area contributed by atoms with E-state index in [9.17, 15) is 16.8 Å². The minimum absolute atomic E-state index is 0.0896. The summed E-state index contributed by atoms with van der Waals surface area (Å²) < 4.78 is 49.0. The van der Waals surface area contributed by atoms with Crippen molar-refractivity contribution in [3.05, 3.63) is 28.7 Å². The van der Waals surface area contributed by atoms with Crippen molar-refractivity contribution in [3.63, 3.8) is 0 Å². The van der Waals surface area contributed by atoms with E-state index < -0.39 is 25.3 Å². The SMILES string of the molecule is NS(=O)(=O)[C@@H]1CCN(S(=O)(=O)c2cccc(Br)c2)C1. The second-order valence-corrected chi connectivity index (χ2v) is 9.02. The fraction of sp³-hybridized carbons (Fsp3) is 0.400. The van der Waals surface area contributed by atoms with Crippen LogP contribution in [-0.2, 0) is 20.0 Å². The Bertz CT molecular complexity index is 687. The Hall–Kier alpha value is -0.480. The van der Waals surface area contributed by atoms with E-state index in [-0.39, 0.29) is 24.4 Å². The van der Waals surface area contributed by atoms with Crippen molar-refractivity contribution >= 4 is 36.0 Å². The van der Waals surface area contributed by atoms with Crippen LogP contribution in [0, 0.1) is 0 Å². The maximum Gasteiger partial charge on any atom is 0.243 e. The maximum absolute atomic E-state index is 12.3. The first-order valence-electron chi connectivity index (χ1n) is 5.48. The zero-order chi connectivity index (χ0) is 14.3. The van der Waals surface area contributed by atoms with Gasteiger partial charge in [0.05, 0.1) is 10.1 Å². The number of primary sulfonamides is 1. The van der Waals surface area contributed by atoms with E-state index in [4.69, 9.17) is 5.14 Å². The van der Waals surface area contributed by atoms with Gasteiger partial charge in [-0.2, -0.15) is 4.31 Å². The van der Waals surface area contributed by atoms with Crippen molar-refractivity contribution in [2.24, 2.45) is 5.14 Å². The molecule has 9 heteroatoms. The van der Waals surface area contributed by atoms with Crippen LogP contribution in [0.4, 0.5) is 0 Å². The Morgan fingerprint density at radius 1 is 1.26 bits per heavy atom. The number of rotatable bonds is 3. The molecule has 2 N–H and O–H groups in total. The largest absolute Gasteiger partial charge is 0.243 e. The smallest absolute Gasteiger partial charge is 0.228 e. The van der Waals surface area contributed by atoms with Crippen molar-refractivity contribution in [2.75, 3.05) is 13.1 Å². The highest BCUT2D eigenvalue weighted by molar-refractivity contribution is 9.10. The molecular weight excluding hydrogens is 356 g/mol. The van der Waals surface area contributed by atoms with Crippen LogP contribution in [0.5, 0.6) is 0 Å². The maximum atomic E-state index is 12.3. The van der Waals surface area contributed by atoms with E-state index in [1.54, 1.807) is 12.1 Å². The van der Waals surface area contributed by atoms with Gasteiger partial charge in [-0.05, 0) is 24.6 Å². The number of nitrogens with zero attached hydrogens (tertiary/aromatic N) is 1. The molecule has 1 aromatic rings. The molecule has 6 nitrogen and oxygen atoms in total. The fourth-order valence-corrected chi connectivity index (χ4v) is 4.97. The minimum Gasteiger partial charge on any atom is -0.228 e. The topological polar surface area (TPSA) is 97.5 Å². The van der Waals surface area contributed by atoms with Crippen LogP contribution in [-0.4, -0.2) is 39.5 Å². The Morgan fingerprint density at radius 2 is 1.95 bits per heavy atom. The van der Waals surface area contributed by atoms with E-state index in [0.717, 1.165) is 4.31 Å². The van der Waals surface area contributed by atoms with Crippen molar-refractivity contribution < 1.29 is 16.8 Å². The lowest BCUT2D eigenvalue weighted by Crippen LogP contribution is -2.34. The van der Waals surface area contributed by atoms with Crippen LogP contribution >= 0.6 is 15.9 Å². The number of benzene rings is 1. The normalized spacial score (nSPS) is 21.7. The molecule has 0 unspecified atom stereocenters. The zero-order valence-corrected chi connectivity index (χ0v) is 13.1. The van der Waals surface area contributed by atoms with Gasteiger partial charge in [0.25, 0.3) is 0 Å². The van der Waals surface area contributed by atoms with E-state index >= 15 is 0 Å². The van der Waals surface area contributed by atoms with E-state index in [1.807, 2.05) is 0 Å². The number of hydrogen-bond acceptors (Lipinski definition) is 4. The second-order valence-electron chi connectivity index (χ2n) is 4.32. The zero-order valence-electron chi connectivity index (χ0n) is 9.86. The molecule has 1 atom stereocenters. The summed E-state index contributed by atoms with van der Waals surface area (Å²) in [7, 11) is -7.37. The molecule has 0 radical (unpaired) electrons. The Kier molecular flexibility index (Phi) is 4.03. The van der Waals surface area contributed by atoms with Crippen molar-refractivity contribution in [2.45, 2.75) is 16.6 Å². The van der Waals surface area contributed by atoms with Gasteiger partial charge in [0.1, 0.15) is 0 Å². The van der Waals surface area contributed by atoms with Crippen LogP contribution < -0.4 is 5.14 Å². The number of sulfonamides is 2. The van der Waals surface area contributed by atoms with Gasteiger partial charge in [0.15, 0.2) is 0 Å². The summed E-state index contributed by atoms with van der Waals surface area (Å²) in [5.41, 5.74) is 0. The molecule has 2 rings (SSSR count). The molecule has 0 bridgehead atoms. The minimum atomic E-state index is -3.70. The molecule has 106 valence electrons. The summed E-state index contributed by atoms with van der Waals surface area (Å²) in [4.78, 5) is 0.136. The third kappa shape index (κ3) is 3.16. The summed E-state index contributed by atoms with van der Waals surface area (Å²) in [6.45, 7) is 0.0730. The van der Waals surface area contributed by atoms with Gasteiger partial charge >= 0.3 is 0 Å². The lowest BCUT2D eigenvalue weighted by molar-refractivity contribution is 0.476. The fourth-order valence-electron chi connectivity index (χ4n) is 1.96. The molecule has 0 aromatic heterocycles. The van der Waals surface area contributed by atoms with Gasteiger partial charge in [-0.15, -0.1) is 0 Å². The van der Waals surface area contributed by atoms with Crippen molar-refractivity contribution in [3.8, 4) is 0 Å². The second kappa shape index (κ2) is 5.13. The summed E-state index contributed by atoms with van der Waals surface area (Å²) in [6.07, 6.45) is 0.228. The predicted molar refractivity (Wildman–Crippen MR) is 74.4 cm³/mol.